The van der Waals surface area contributed by atoms with Gasteiger partial charge in [0.05, 0.1) is 0 Å². The maximum atomic E-state index is 12.5. The Labute approximate surface area is 129 Å². The van der Waals surface area contributed by atoms with Crippen LogP contribution in [-0.4, -0.2) is 18.2 Å². The van der Waals surface area contributed by atoms with E-state index in [4.69, 9.17) is 0 Å². The Morgan fingerprint density at radius 1 is 1.09 bits per heavy atom. The zero-order valence-corrected chi connectivity index (χ0v) is 12.2. The van der Waals surface area contributed by atoms with Crippen LogP contribution in [0.15, 0.2) is 67.3 Å². The van der Waals surface area contributed by atoms with Crippen molar-refractivity contribution in [2.24, 2.45) is 5.92 Å². The third kappa shape index (κ3) is 2.70. The highest BCUT2D eigenvalue weighted by atomic mass is 16.2. The van der Waals surface area contributed by atoms with Crippen molar-refractivity contribution in [3.63, 3.8) is 0 Å². The van der Waals surface area contributed by atoms with Gasteiger partial charge in [-0.2, -0.15) is 0 Å². The Balaban J connectivity index is 1.89. The zero-order chi connectivity index (χ0) is 15.5. The Bertz CT molecular complexity index is 721. The summed E-state index contributed by atoms with van der Waals surface area (Å²) in [5.74, 6) is 0.226. The lowest BCUT2D eigenvalue weighted by atomic mass is 10.0. The van der Waals surface area contributed by atoms with Gasteiger partial charge in [0.2, 0.25) is 5.91 Å². The Hall–Kier alpha value is -2.68. The molecular weight excluding hydrogens is 274 g/mol. The van der Waals surface area contributed by atoms with E-state index in [1.54, 1.807) is 29.2 Å². The summed E-state index contributed by atoms with van der Waals surface area (Å²) in [5, 5.41) is 0. The van der Waals surface area contributed by atoms with Crippen molar-refractivity contribution in [1.29, 1.82) is 0 Å². The van der Waals surface area contributed by atoms with E-state index in [9.17, 15) is 9.59 Å². The van der Waals surface area contributed by atoms with E-state index >= 15 is 0 Å². The lowest BCUT2D eigenvalue weighted by Gasteiger charge is -2.17. The zero-order valence-electron chi connectivity index (χ0n) is 12.2. The molecule has 1 atom stereocenters. The molecule has 1 saturated heterocycles. The van der Waals surface area contributed by atoms with E-state index in [-0.39, 0.29) is 17.6 Å². The number of hydrogen-bond donors (Lipinski definition) is 0. The number of anilines is 1. The minimum absolute atomic E-state index is 0.0330. The quantitative estimate of drug-likeness (QED) is 0.639. The van der Waals surface area contributed by atoms with Crippen LogP contribution in [0, 0.1) is 5.92 Å². The van der Waals surface area contributed by atoms with Crippen LogP contribution < -0.4 is 4.90 Å². The first-order chi connectivity index (χ1) is 10.7. The van der Waals surface area contributed by atoms with Gasteiger partial charge in [-0.15, -0.1) is 6.58 Å². The van der Waals surface area contributed by atoms with Crippen LogP contribution >= 0.6 is 0 Å². The van der Waals surface area contributed by atoms with Gasteiger partial charge in [0.15, 0.2) is 5.78 Å². The number of hydrogen-bond acceptors (Lipinski definition) is 2. The fourth-order valence-corrected chi connectivity index (χ4v) is 2.71. The van der Waals surface area contributed by atoms with Crippen LogP contribution in [0.3, 0.4) is 0 Å². The SMILES string of the molecule is C=CC1CC(=O)N(c2cccc(C(=O)c3ccccc3)c2)C1. The summed E-state index contributed by atoms with van der Waals surface area (Å²) in [4.78, 5) is 26.3. The van der Waals surface area contributed by atoms with Crippen molar-refractivity contribution < 1.29 is 9.59 Å². The van der Waals surface area contributed by atoms with Crippen LogP contribution in [0.5, 0.6) is 0 Å². The van der Waals surface area contributed by atoms with Gasteiger partial charge in [-0.1, -0.05) is 48.5 Å². The van der Waals surface area contributed by atoms with Gasteiger partial charge in [-0.25, -0.2) is 0 Å². The van der Waals surface area contributed by atoms with Crippen LogP contribution in [0.4, 0.5) is 5.69 Å². The molecule has 1 amide bonds. The van der Waals surface area contributed by atoms with E-state index in [1.807, 2.05) is 36.4 Å². The molecule has 0 saturated carbocycles. The van der Waals surface area contributed by atoms with Gasteiger partial charge in [0.25, 0.3) is 0 Å². The molecular formula is C19H17NO2. The lowest BCUT2D eigenvalue weighted by Crippen LogP contribution is -2.24. The van der Waals surface area contributed by atoms with E-state index in [1.165, 1.54) is 0 Å². The Kier molecular flexibility index (Phi) is 3.88. The summed E-state index contributed by atoms with van der Waals surface area (Å²) in [7, 11) is 0. The van der Waals surface area contributed by atoms with Crippen molar-refractivity contribution in [3.05, 3.63) is 78.4 Å². The second-order valence-electron chi connectivity index (χ2n) is 5.45. The van der Waals surface area contributed by atoms with Gasteiger partial charge in [0.1, 0.15) is 0 Å². The molecule has 1 aliphatic rings. The highest BCUT2D eigenvalue weighted by Crippen LogP contribution is 2.26. The second-order valence-corrected chi connectivity index (χ2v) is 5.45. The minimum atomic E-state index is -0.0330. The third-order valence-electron chi connectivity index (χ3n) is 3.94. The van der Waals surface area contributed by atoms with Gasteiger partial charge in [-0.3, -0.25) is 9.59 Å². The van der Waals surface area contributed by atoms with Crippen molar-refractivity contribution >= 4 is 17.4 Å². The van der Waals surface area contributed by atoms with Crippen molar-refractivity contribution in [2.75, 3.05) is 11.4 Å². The number of nitrogens with zero attached hydrogens (tertiary/aromatic N) is 1. The summed E-state index contributed by atoms with van der Waals surface area (Å²) in [6.45, 7) is 4.39. The van der Waals surface area contributed by atoms with Crippen LogP contribution in [0.1, 0.15) is 22.3 Å². The molecule has 1 heterocycles. The van der Waals surface area contributed by atoms with Crippen molar-refractivity contribution in [1.82, 2.24) is 0 Å². The fraction of sp³-hybridized carbons (Fsp3) is 0.158. The summed E-state index contributed by atoms with van der Waals surface area (Å²) in [5.41, 5.74) is 2.02. The van der Waals surface area contributed by atoms with E-state index in [0.29, 0.717) is 24.1 Å². The molecule has 0 N–H and O–H groups in total. The smallest absolute Gasteiger partial charge is 0.227 e. The standard InChI is InChI=1S/C19H17NO2/c1-2-14-11-18(21)20(13-14)17-10-6-9-16(12-17)19(22)15-7-4-3-5-8-15/h2-10,12,14H,1,11,13H2. The summed E-state index contributed by atoms with van der Waals surface area (Å²) >= 11 is 0. The predicted octanol–water partition coefficient (Wildman–Crippen LogP) is 3.46. The first-order valence-electron chi connectivity index (χ1n) is 7.32. The van der Waals surface area contributed by atoms with E-state index < -0.39 is 0 Å². The van der Waals surface area contributed by atoms with Gasteiger partial charge in [-0.05, 0) is 12.1 Å². The molecule has 2 aromatic rings. The molecule has 0 bridgehead atoms. The van der Waals surface area contributed by atoms with Crippen LogP contribution in [-0.2, 0) is 4.79 Å². The third-order valence-corrected chi connectivity index (χ3v) is 3.94. The van der Waals surface area contributed by atoms with E-state index in [0.717, 1.165) is 5.69 Å². The number of rotatable bonds is 4. The van der Waals surface area contributed by atoms with Gasteiger partial charge < -0.3 is 4.90 Å². The average molecular weight is 291 g/mol. The number of carbonyl (C=O) groups is 2. The number of carbonyl (C=O) groups excluding carboxylic acids is 2. The van der Waals surface area contributed by atoms with Crippen LogP contribution in [0.25, 0.3) is 0 Å². The summed E-state index contributed by atoms with van der Waals surface area (Å²) in [6, 6.07) is 16.4. The number of ketones is 1. The minimum Gasteiger partial charge on any atom is -0.312 e. The first-order valence-corrected chi connectivity index (χ1v) is 7.32. The maximum absolute atomic E-state index is 12.5. The highest BCUT2D eigenvalue weighted by Gasteiger charge is 2.28. The molecule has 22 heavy (non-hydrogen) atoms. The second kappa shape index (κ2) is 5.98. The van der Waals surface area contributed by atoms with Gasteiger partial charge >= 0.3 is 0 Å². The molecule has 110 valence electrons. The molecule has 0 spiro atoms. The fourth-order valence-electron chi connectivity index (χ4n) is 2.71. The molecule has 3 nitrogen and oxygen atoms in total. The largest absolute Gasteiger partial charge is 0.312 e. The molecule has 1 unspecified atom stereocenters. The van der Waals surface area contributed by atoms with Crippen molar-refractivity contribution in [3.8, 4) is 0 Å². The number of amides is 1. The molecule has 0 aliphatic carbocycles. The molecule has 1 aliphatic heterocycles. The maximum Gasteiger partial charge on any atom is 0.227 e. The Morgan fingerprint density at radius 2 is 1.82 bits per heavy atom. The normalized spacial score (nSPS) is 17.5. The number of benzene rings is 2. The lowest BCUT2D eigenvalue weighted by molar-refractivity contribution is -0.117. The average Bonchev–Trinajstić information content (AvgIpc) is 2.96. The molecule has 1 fully saturated rings. The van der Waals surface area contributed by atoms with Crippen LogP contribution in [0.2, 0.25) is 0 Å². The highest BCUT2D eigenvalue weighted by molar-refractivity contribution is 6.10. The van der Waals surface area contributed by atoms with E-state index in [2.05, 4.69) is 6.58 Å². The summed E-state index contributed by atoms with van der Waals surface area (Å²) in [6.07, 6.45) is 2.30. The molecule has 0 radical (unpaired) electrons. The van der Waals surface area contributed by atoms with Gasteiger partial charge in [0, 0.05) is 35.7 Å². The molecule has 3 rings (SSSR count). The predicted molar refractivity (Wildman–Crippen MR) is 87.0 cm³/mol. The topological polar surface area (TPSA) is 37.4 Å². The molecule has 3 heteroatoms. The summed E-state index contributed by atoms with van der Waals surface area (Å²) < 4.78 is 0. The van der Waals surface area contributed by atoms with Crippen molar-refractivity contribution in [2.45, 2.75) is 6.42 Å². The molecule has 2 aromatic carbocycles. The first kappa shape index (κ1) is 14.3. The molecule has 0 aromatic heterocycles. The Morgan fingerprint density at radius 3 is 2.50 bits per heavy atom. The monoisotopic (exact) mass is 291 g/mol.